The van der Waals surface area contributed by atoms with Gasteiger partial charge in [-0.3, -0.25) is 0 Å². The molecule has 132 valence electrons. The van der Waals surface area contributed by atoms with E-state index in [0.717, 1.165) is 27.5 Å². The number of carbonyl (C=O) groups is 1. The molecule has 4 nitrogen and oxygen atoms in total. The van der Waals surface area contributed by atoms with E-state index in [1.807, 2.05) is 28.8 Å². The first kappa shape index (κ1) is 18.1. The van der Waals surface area contributed by atoms with E-state index in [-0.39, 0.29) is 28.5 Å². The van der Waals surface area contributed by atoms with Crippen molar-refractivity contribution in [2.45, 2.75) is 6.92 Å². The molecule has 0 saturated carbocycles. The van der Waals surface area contributed by atoms with Crippen molar-refractivity contribution in [1.82, 2.24) is 9.55 Å². The average Bonchev–Trinajstić information content (AvgIpc) is 2.96. The van der Waals surface area contributed by atoms with Gasteiger partial charge in [0.05, 0.1) is 23.8 Å². The SMILES string of the molecule is Br.CCOC(=O)c1cc2c3ccccc3n(-c3ccc(F)cc3)c2cn1. The lowest BCUT2D eigenvalue weighted by Crippen LogP contribution is -2.06. The van der Waals surface area contributed by atoms with Gasteiger partial charge in [0.15, 0.2) is 0 Å². The maximum absolute atomic E-state index is 13.3. The van der Waals surface area contributed by atoms with Crippen LogP contribution in [0.25, 0.3) is 27.5 Å². The molecule has 26 heavy (non-hydrogen) atoms. The smallest absolute Gasteiger partial charge is 0.356 e. The Hall–Kier alpha value is -2.73. The van der Waals surface area contributed by atoms with E-state index in [1.54, 1.807) is 31.3 Å². The Morgan fingerprint density at radius 2 is 1.81 bits per heavy atom. The molecule has 0 N–H and O–H groups in total. The van der Waals surface area contributed by atoms with Crippen molar-refractivity contribution in [3.05, 3.63) is 72.3 Å². The zero-order chi connectivity index (χ0) is 17.4. The summed E-state index contributed by atoms with van der Waals surface area (Å²) >= 11 is 0. The molecule has 0 atom stereocenters. The summed E-state index contributed by atoms with van der Waals surface area (Å²) in [6.07, 6.45) is 1.66. The molecular formula is C20H16BrFN2O2. The van der Waals surface area contributed by atoms with Crippen molar-refractivity contribution in [3.8, 4) is 5.69 Å². The molecule has 0 amide bonds. The van der Waals surface area contributed by atoms with Crippen LogP contribution >= 0.6 is 17.0 Å². The van der Waals surface area contributed by atoms with Crippen LogP contribution in [0, 0.1) is 5.82 Å². The average molecular weight is 415 g/mol. The van der Waals surface area contributed by atoms with Gasteiger partial charge >= 0.3 is 5.97 Å². The molecule has 0 bridgehead atoms. The summed E-state index contributed by atoms with van der Waals surface area (Å²) in [6, 6.07) is 15.9. The molecule has 2 aromatic carbocycles. The number of halogens is 2. The van der Waals surface area contributed by atoms with E-state index in [1.165, 1.54) is 12.1 Å². The first-order valence-electron chi connectivity index (χ1n) is 8.01. The number of rotatable bonds is 3. The van der Waals surface area contributed by atoms with Crippen LogP contribution in [0.15, 0.2) is 60.8 Å². The van der Waals surface area contributed by atoms with Gasteiger partial charge in [-0.05, 0) is 43.3 Å². The van der Waals surface area contributed by atoms with Crippen LogP contribution in [-0.4, -0.2) is 22.1 Å². The minimum absolute atomic E-state index is 0. The van der Waals surface area contributed by atoms with Gasteiger partial charge in [0.1, 0.15) is 11.5 Å². The number of fused-ring (bicyclic) bond motifs is 3. The van der Waals surface area contributed by atoms with Crippen molar-refractivity contribution in [3.63, 3.8) is 0 Å². The zero-order valence-corrected chi connectivity index (χ0v) is 15.7. The van der Waals surface area contributed by atoms with E-state index < -0.39 is 5.97 Å². The molecule has 4 aromatic rings. The van der Waals surface area contributed by atoms with Crippen molar-refractivity contribution in [2.24, 2.45) is 0 Å². The second-order valence-corrected chi connectivity index (χ2v) is 5.64. The molecule has 2 aromatic heterocycles. The van der Waals surface area contributed by atoms with Crippen LogP contribution in [-0.2, 0) is 4.74 Å². The highest BCUT2D eigenvalue weighted by Gasteiger charge is 2.16. The molecular weight excluding hydrogens is 399 g/mol. The molecule has 0 spiro atoms. The molecule has 0 fully saturated rings. The Morgan fingerprint density at radius 1 is 1.08 bits per heavy atom. The second-order valence-electron chi connectivity index (χ2n) is 5.64. The van der Waals surface area contributed by atoms with E-state index in [4.69, 9.17) is 4.74 Å². The maximum atomic E-state index is 13.3. The second kappa shape index (κ2) is 7.25. The standard InChI is InChI=1S/C20H15FN2O2.BrH/c1-2-25-20(24)17-11-16-15-5-3-4-6-18(15)23(19(16)12-22-17)14-9-7-13(21)8-10-14;/h3-12H,2H2,1H3;1H. The lowest BCUT2D eigenvalue weighted by atomic mass is 10.1. The summed E-state index contributed by atoms with van der Waals surface area (Å²) in [7, 11) is 0. The van der Waals surface area contributed by atoms with Crippen molar-refractivity contribution in [1.29, 1.82) is 0 Å². The van der Waals surface area contributed by atoms with Gasteiger partial charge in [-0.1, -0.05) is 18.2 Å². The quantitative estimate of drug-likeness (QED) is 0.439. The van der Waals surface area contributed by atoms with Crippen LogP contribution in [0.5, 0.6) is 0 Å². The Kier molecular flexibility index (Phi) is 5.04. The Bertz CT molecular complexity index is 1090. The van der Waals surface area contributed by atoms with Gasteiger partial charge < -0.3 is 9.30 Å². The predicted molar refractivity (Wildman–Crippen MR) is 105 cm³/mol. The minimum atomic E-state index is -0.442. The fraction of sp³-hybridized carbons (Fsp3) is 0.100. The molecule has 4 rings (SSSR count). The highest BCUT2D eigenvalue weighted by atomic mass is 79.9. The summed E-state index contributed by atoms with van der Waals surface area (Å²) in [5, 5.41) is 1.90. The van der Waals surface area contributed by atoms with Crippen LogP contribution in [0.2, 0.25) is 0 Å². The summed E-state index contributed by atoms with van der Waals surface area (Å²) in [5.74, 6) is -0.727. The Labute approximate surface area is 160 Å². The third-order valence-electron chi connectivity index (χ3n) is 4.13. The lowest BCUT2D eigenvalue weighted by molar-refractivity contribution is 0.0520. The number of para-hydroxylation sites is 1. The van der Waals surface area contributed by atoms with Crippen molar-refractivity contribution in [2.75, 3.05) is 6.61 Å². The lowest BCUT2D eigenvalue weighted by Gasteiger charge is -2.07. The van der Waals surface area contributed by atoms with Crippen molar-refractivity contribution >= 4 is 44.8 Å². The molecule has 0 radical (unpaired) electrons. The normalized spacial score (nSPS) is 10.7. The molecule has 0 aliphatic heterocycles. The number of aromatic nitrogens is 2. The number of pyridine rings is 1. The first-order chi connectivity index (χ1) is 12.2. The maximum Gasteiger partial charge on any atom is 0.356 e. The van der Waals surface area contributed by atoms with Crippen LogP contribution in [0.3, 0.4) is 0 Å². The van der Waals surface area contributed by atoms with Gasteiger partial charge in [-0.2, -0.15) is 0 Å². The number of nitrogens with zero attached hydrogens (tertiary/aromatic N) is 2. The molecule has 0 aliphatic rings. The number of benzene rings is 2. The van der Waals surface area contributed by atoms with Crippen LogP contribution in [0.4, 0.5) is 4.39 Å². The number of carbonyl (C=O) groups excluding carboxylic acids is 1. The number of esters is 1. The third-order valence-corrected chi connectivity index (χ3v) is 4.13. The van der Waals surface area contributed by atoms with E-state index in [2.05, 4.69) is 4.98 Å². The number of hydrogen-bond acceptors (Lipinski definition) is 3. The number of ether oxygens (including phenoxy) is 1. The Morgan fingerprint density at radius 3 is 2.54 bits per heavy atom. The highest BCUT2D eigenvalue weighted by Crippen LogP contribution is 2.32. The van der Waals surface area contributed by atoms with E-state index in [9.17, 15) is 9.18 Å². The van der Waals surface area contributed by atoms with Gasteiger partial charge in [0, 0.05) is 16.5 Å². The van der Waals surface area contributed by atoms with Gasteiger partial charge in [-0.15, -0.1) is 17.0 Å². The highest BCUT2D eigenvalue weighted by molar-refractivity contribution is 8.93. The van der Waals surface area contributed by atoms with Gasteiger partial charge in [0.2, 0.25) is 0 Å². The first-order valence-corrected chi connectivity index (χ1v) is 8.01. The molecule has 0 unspecified atom stereocenters. The molecule has 2 heterocycles. The fourth-order valence-electron chi connectivity index (χ4n) is 3.05. The van der Waals surface area contributed by atoms with Gasteiger partial charge in [-0.25, -0.2) is 14.2 Å². The summed E-state index contributed by atoms with van der Waals surface area (Å²) < 4.78 is 20.3. The predicted octanol–water partition coefficient (Wildman–Crippen LogP) is 5.07. The molecule has 0 aliphatic carbocycles. The van der Waals surface area contributed by atoms with E-state index in [0.29, 0.717) is 6.61 Å². The largest absolute Gasteiger partial charge is 0.461 e. The summed E-state index contributed by atoms with van der Waals surface area (Å²) in [6.45, 7) is 2.06. The van der Waals surface area contributed by atoms with E-state index >= 15 is 0 Å². The summed E-state index contributed by atoms with van der Waals surface area (Å²) in [5.41, 5.74) is 2.92. The number of hydrogen-bond donors (Lipinski definition) is 0. The van der Waals surface area contributed by atoms with Gasteiger partial charge in [0.25, 0.3) is 0 Å². The van der Waals surface area contributed by atoms with Crippen LogP contribution < -0.4 is 0 Å². The third kappa shape index (κ3) is 2.97. The van der Waals surface area contributed by atoms with Crippen molar-refractivity contribution < 1.29 is 13.9 Å². The summed E-state index contributed by atoms with van der Waals surface area (Å²) in [4.78, 5) is 16.3. The fourth-order valence-corrected chi connectivity index (χ4v) is 3.05. The Balaban J connectivity index is 0.00000196. The monoisotopic (exact) mass is 414 g/mol. The zero-order valence-electron chi connectivity index (χ0n) is 14.0. The minimum Gasteiger partial charge on any atom is -0.461 e. The molecule has 0 saturated heterocycles. The topological polar surface area (TPSA) is 44.1 Å². The molecule has 6 heteroatoms. The van der Waals surface area contributed by atoms with Crippen LogP contribution in [0.1, 0.15) is 17.4 Å².